The van der Waals surface area contributed by atoms with Crippen molar-refractivity contribution in [2.24, 2.45) is 4.99 Å². The Balaban J connectivity index is 2.77. The predicted octanol–water partition coefficient (Wildman–Crippen LogP) is 1.68. The van der Waals surface area contributed by atoms with Gasteiger partial charge in [-0.3, -0.25) is 4.99 Å². The molecule has 1 heterocycles. The molecular formula is C6H4N2S. The number of aliphatic imine (C=N–C) groups is 1. The minimum absolute atomic E-state index is 0.674. The van der Waals surface area contributed by atoms with Crippen LogP contribution in [0.1, 0.15) is 0 Å². The van der Waals surface area contributed by atoms with Crippen molar-refractivity contribution in [2.75, 3.05) is 0 Å². The van der Waals surface area contributed by atoms with Gasteiger partial charge in [-0.1, -0.05) is 11.8 Å². The highest BCUT2D eigenvalue weighted by molar-refractivity contribution is 8.06. The van der Waals surface area contributed by atoms with Crippen LogP contribution in [-0.2, 0) is 0 Å². The Hall–Kier alpha value is -1.01. The van der Waals surface area contributed by atoms with Crippen molar-refractivity contribution < 1.29 is 0 Å². The Labute approximate surface area is 57.6 Å². The first kappa shape index (κ1) is 6.12. The monoisotopic (exact) mass is 136 g/mol. The smallest absolute Gasteiger partial charge is 0.107 e. The molecule has 1 aliphatic rings. The van der Waals surface area contributed by atoms with Crippen LogP contribution in [-0.4, -0.2) is 6.21 Å². The fraction of sp³-hybridized carbons (Fsp3) is 0. The molecule has 0 radical (unpaired) electrons. The molecule has 9 heavy (non-hydrogen) atoms. The average molecular weight is 136 g/mol. The first-order valence-corrected chi connectivity index (χ1v) is 3.26. The van der Waals surface area contributed by atoms with E-state index >= 15 is 0 Å². The molecule has 0 fully saturated rings. The summed E-state index contributed by atoms with van der Waals surface area (Å²) in [5.41, 5.74) is 0. The third kappa shape index (κ3) is 1.74. The van der Waals surface area contributed by atoms with E-state index in [0.717, 1.165) is 0 Å². The van der Waals surface area contributed by atoms with Gasteiger partial charge in [0.2, 0.25) is 0 Å². The lowest BCUT2D eigenvalue weighted by molar-refractivity contribution is 1.53. The van der Waals surface area contributed by atoms with Gasteiger partial charge in [0.15, 0.2) is 0 Å². The van der Waals surface area contributed by atoms with Gasteiger partial charge in [-0.25, -0.2) is 0 Å². The fourth-order valence-corrected chi connectivity index (χ4v) is 0.872. The van der Waals surface area contributed by atoms with E-state index in [1.54, 1.807) is 23.9 Å². The van der Waals surface area contributed by atoms with Crippen LogP contribution in [0.2, 0.25) is 0 Å². The third-order valence-corrected chi connectivity index (χ3v) is 1.50. The maximum absolute atomic E-state index is 8.38. The summed E-state index contributed by atoms with van der Waals surface area (Å²) in [7, 11) is 0. The van der Waals surface area contributed by atoms with Crippen LogP contribution in [0.15, 0.2) is 27.6 Å². The molecule has 3 heteroatoms. The van der Waals surface area contributed by atoms with Gasteiger partial charge in [0.1, 0.15) is 6.07 Å². The molecule has 44 valence electrons. The molecule has 0 bridgehead atoms. The van der Waals surface area contributed by atoms with E-state index in [-0.39, 0.29) is 0 Å². The van der Waals surface area contributed by atoms with E-state index in [2.05, 4.69) is 4.99 Å². The Morgan fingerprint density at radius 1 is 1.67 bits per heavy atom. The van der Waals surface area contributed by atoms with E-state index in [0.29, 0.717) is 4.91 Å². The molecule has 2 nitrogen and oxygen atoms in total. The Morgan fingerprint density at radius 2 is 2.56 bits per heavy atom. The van der Waals surface area contributed by atoms with Crippen molar-refractivity contribution >= 4 is 18.0 Å². The molecule has 0 saturated carbocycles. The zero-order valence-electron chi connectivity index (χ0n) is 4.61. The van der Waals surface area contributed by atoms with Gasteiger partial charge < -0.3 is 0 Å². The third-order valence-electron chi connectivity index (χ3n) is 0.764. The van der Waals surface area contributed by atoms with E-state index in [1.165, 1.54) is 11.8 Å². The molecule has 0 aromatic carbocycles. The second-order valence-electron chi connectivity index (χ2n) is 1.34. The number of rotatable bonds is 0. The normalized spacial score (nSPS) is 16.1. The summed E-state index contributed by atoms with van der Waals surface area (Å²) in [5.74, 6) is 0. The highest BCUT2D eigenvalue weighted by Gasteiger charge is 1.91. The first-order chi connectivity index (χ1) is 4.43. The minimum atomic E-state index is 0.674. The van der Waals surface area contributed by atoms with Crippen molar-refractivity contribution in [2.45, 2.75) is 0 Å². The summed E-state index contributed by atoms with van der Waals surface area (Å²) in [5, 5.41) is 10.2. The standard InChI is InChI=1S/C6H4N2S/c7-5-6-1-2-8-3-4-9-6/h1-4H. The first-order valence-electron chi connectivity index (χ1n) is 2.39. The number of nitriles is 1. The molecule has 0 saturated heterocycles. The van der Waals surface area contributed by atoms with Gasteiger partial charge in [0, 0.05) is 12.4 Å². The van der Waals surface area contributed by atoms with Crippen LogP contribution in [0.3, 0.4) is 0 Å². The van der Waals surface area contributed by atoms with Crippen LogP contribution in [0.5, 0.6) is 0 Å². The van der Waals surface area contributed by atoms with Gasteiger partial charge >= 0.3 is 0 Å². The molecular weight excluding hydrogens is 132 g/mol. The van der Waals surface area contributed by atoms with E-state index < -0.39 is 0 Å². The summed E-state index contributed by atoms with van der Waals surface area (Å²) < 4.78 is 0. The van der Waals surface area contributed by atoms with Crippen LogP contribution >= 0.6 is 11.8 Å². The molecule has 0 spiro atoms. The van der Waals surface area contributed by atoms with Crippen LogP contribution < -0.4 is 0 Å². The maximum atomic E-state index is 8.38. The number of allylic oxidation sites excluding steroid dienone is 2. The molecule has 0 aliphatic carbocycles. The van der Waals surface area contributed by atoms with Crippen LogP contribution in [0.4, 0.5) is 0 Å². The number of hydrogen-bond acceptors (Lipinski definition) is 3. The van der Waals surface area contributed by atoms with Crippen molar-refractivity contribution in [1.29, 1.82) is 5.26 Å². The summed E-state index contributed by atoms with van der Waals surface area (Å²) in [4.78, 5) is 4.49. The van der Waals surface area contributed by atoms with Gasteiger partial charge in [0.05, 0.1) is 4.91 Å². The van der Waals surface area contributed by atoms with E-state index in [1.807, 2.05) is 6.07 Å². The van der Waals surface area contributed by atoms with Crippen molar-refractivity contribution in [3.05, 3.63) is 22.6 Å². The lowest BCUT2D eigenvalue weighted by Gasteiger charge is -1.81. The number of thioether (sulfide) groups is 1. The average Bonchev–Trinajstić information content (AvgIpc) is 2.13. The topological polar surface area (TPSA) is 36.1 Å². The van der Waals surface area contributed by atoms with Crippen molar-refractivity contribution in [3.8, 4) is 6.07 Å². The molecule has 0 amide bonds. The fourth-order valence-electron chi connectivity index (χ4n) is 0.402. The highest BCUT2D eigenvalue weighted by Crippen LogP contribution is 2.16. The quantitative estimate of drug-likeness (QED) is 0.508. The van der Waals surface area contributed by atoms with E-state index in [9.17, 15) is 0 Å². The second-order valence-corrected chi connectivity index (χ2v) is 2.29. The minimum Gasteiger partial charge on any atom is -0.264 e. The summed E-state index contributed by atoms with van der Waals surface area (Å²) in [6.07, 6.45) is 4.95. The second kappa shape index (κ2) is 3.10. The molecule has 0 atom stereocenters. The molecule has 0 aromatic rings. The predicted molar refractivity (Wildman–Crippen MR) is 38.9 cm³/mol. The lowest BCUT2D eigenvalue weighted by atomic mass is 10.5. The Morgan fingerprint density at radius 3 is 3.33 bits per heavy atom. The Bertz CT molecular complexity index is 220. The van der Waals surface area contributed by atoms with Crippen LogP contribution in [0.25, 0.3) is 0 Å². The Kier molecular flexibility index (Phi) is 2.11. The highest BCUT2D eigenvalue weighted by atomic mass is 32.2. The number of nitrogens with zero attached hydrogens (tertiary/aromatic N) is 2. The van der Waals surface area contributed by atoms with Crippen molar-refractivity contribution in [1.82, 2.24) is 0 Å². The molecule has 0 N–H and O–H groups in total. The van der Waals surface area contributed by atoms with Gasteiger partial charge in [-0.05, 0) is 11.5 Å². The molecule has 0 aromatic heterocycles. The largest absolute Gasteiger partial charge is 0.264 e. The SMILES string of the molecule is N#CC1=CC=NC=CS1. The molecule has 1 rings (SSSR count). The zero-order valence-corrected chi connectivity index (χ0v) is 5.43. The van der Waals surface area contributed by atoms with Crippen LogP contribution in [0, 0.1) is 11.3 Å². The molecule has 0 unspecified atom stereocenters. The van der Waals surface area contributed by atoms with Gasteiger partial charge in [-0.2, -0.15) is 5.26 Å². The maximum Gasteiger partial charge on any atom is 0.107 e. The molecule has 1 aliphatic heterocycles. The van der Waals surface area contributed by atoms with Crippen molar-refractivity contribution in [3.63, 3.8) is 0 Å². The van der Waals surface area contributed by atoms with E-state index in [4.69, 9.17) is 5.26 Å². The lowest BCUT2D eigenvalue weighted by Crippen LogP contribution is -1.66. The van der Waals surface area contributed by atoms with Gasteiger partial charge in [-0.15, -0.1) is 0 Å². The summed E-state index contributed by atoms with van der Waals surface area (Å²) >= 11 is 1.38. The summed E-state index contributed by atoms with van der Waals surface area (Å²) in [6, 6.07) is 2.03. The van der Waals surface area contributed by atoms with Gasteiger partial charge in [0.25, 0.3) is 0 Å². The number of hydrogen-bond donors (Lipinski definition) is 0. The zero-order chi connectivity index (χ0) is 6.53. The summed E-state index contributed by atoms with van der Waals surface area (Å²) in [6.45, 7) is 0.